The summed E-state index contributed by atoms with van der Waals surface area (Å²) in [7, 11) is -0.609. The van der Waals surface area contributed by atoms with Gasteiger partial charge >= 0.3 is 0 Å². The summed E-state index contributed by atoms with van der Waals surface area (Å²) >= 11 is 0. The molecule has 0 bridgehead atoms. The molecule has 10 heteroatoms. The van der Waals surface area contributed by atoms with E-state index in [4.69, 9.17) is 9.47 Å². The molecule has 3 rings (SSSR count). The number of rotatable bonds is 5. The van der Waals surface area contributed by atoms with E-state index in [1.807, 2.05) is 30.3 Å². The van der Waals surface area contributed by atoms with Crippen LogP contribution in [0.25, 0.3) is 0 Å². The molecule has 0 spiro atoms. The summed E-state index contributed by atoms with van der Waals surface area (Å²) in [5.41, 5.74) is 1.12. The number of ether oxygens (including phenoxy) is 2. The number of carbonyl (C=O) groups is 2. The number of methoxy groups -OCH3 is 2. The monoisotopic (exact) mass is 489 g/mol. The molecule has 2 aromatic rings. The summed E-state index contributed by atoms with van der Waals surface area (Å²) < 4.78 is 37.3. The first kappa shape index (κ1) is 25.5. The maximum Gasteiger partial charge on any atom is 0.257 e. The quantitative estimate of drug-likeness (QED) is 0.689. The Morgan fingerprint density at radius 3 is 2.41 bits per heavy atom. The van der Waals surface area contributed by atoms with E-state index >= 15 is 0 Å². The number of carbonyl (C=O) groups excluding carboxylic acids is 2. The molecule has 1 atom stereocenters. The second kappa shape index (κ2) is 11.3. The van der Waals surface area contributed by atoms with E-state index in [1.54, 1.807) is 23.1 Å². The number of hydrogen-bond acceptors (Lipinski definition) is 6. The molecule has 184 valence electrons. The van der Waals surface area contributed by atoms with Crippen molar-refractivity contribution in [2.24, 2.45) is 0 Å². The predicted molar refractivity (Wildman–Crippen MR) is 128 cm³/mol. The predicted octanol–water partition coefficient (Wildman–Crippen LogP) is 2.06. The summed E-state index contributed by atoms with van der Waals surface area (Å²) in [6, 6.07) is 13.5. The van der Waals surface area contributed by atoms with Crippen molar-refractivity contribution in [1.82, 2.24) is 14.5 Å². The minimum atomic E-state index is -3.62. The van der Waals surface area contributed by atoms with Crippen molar-refractivity contribution in [2.75, 3.05) is 46.7 Å². The zero-order valence-corrected chi connectivity index (χ0v) is 20.5. The van der Waals surface area contributed by atoms with Crippen LogP contribution >= 0.6 is 0 Å². The van der Waals surface area contributed by atoms with E-state index in [9.17, 15) is 18.0 Å². The number of nitrogens with one attached hydrogen (secondary N) is 1. The van der Waals surface area contributed by atoms with Gasteiger partial charge in [0.25, 0.3) is 5.91 Å². The summed E-state index contributed by atoms with van der Waals surface area (Å²) in [4.78, 5) is 27.7. The highest BCUT2D eigenvalue weighted by atomic mass is 32.2. The Labute approximate surface area is 200 Å². The molecule has 1 heterocycles. The van der Waals surface area contributed by atoms with Crippen LogP contribution in [0.5, 0.6) is 11.5 Å². The lowest BCUT2D eigenvalue weighted by Gasteiger charge is -2.30. The molecule has 2 aromatic carbocycles. The van der Waals surface area contributed by atoms with E-state index in [-0.39, 0.29) is 37.9 Å². The van der Waals surface area contributed by atoms with Crippen molar-refractivity contribution in [1.29, 1.82) is 0 Å². The van der Waals surface area contributed by atoms with Gasteiger partial charge in [0.15, 0.2) is 0 Å². The molecule has 1 unspecified atom stereocenters. The lowest BCUT2D eigenvalue weighted by atomic mass is 10.0. The topological polar surface area (TPSA) is 105 Å². The van der Waals surface area contributed by atoms with Gasteiger partial charge in [-0.1, -0.05) is 30.3 Å². The van der Waals surface area contributed by atoms with E-state index in [2.05, 4.69) is 5.32 Å². The summed E-state index contributed by atoms with van der Waals surface area (Å²) in [6.07, 6.45) is 1.55. The highest BCUT2D eigenvalue weighted by Gasteiger charge is 2.31. The molecular weight excluding hydrogens is 458 g/mol. The second-order valence-corrected chi connectivity index (χ2v) is 10.0. The van der Waals surface area contributed by atoms with Crippen molar-refractivity contribution < 1.29 is 27.5 Å². The van der Waals surface area contributed by atoms with Crippen molar-refractivity contribution in [3.05, 3.63) is 59.7 Å². The lowest BCUT2D eigenvalue weighted by Crippen LogP contribution is -2.39. The number of nitrogens with zero attached hydrogens (tertiary/aromatic N) is 2. The molecule has 0 aliphatic carbocycles. The fourth-order valence-electron chi connectivity index (χ4n) is 4.07. The molecule has 1 aliphatic heterocycles. The first-order chi connectivity index (χ1) is 16.2. The maximum absolute atomic E-state index is 13.3. The third kappa shape index (κ3) is 6.27. The Morgan fingerprint density at radius 1 is 1.03 bits per heavy atom. The van der Waals surface area contributed by atoms with Crippen LogP contribution in [-0.2, 0) is 14.8 Å². The van der Waals surface area contributed by atoms with Gasteiger partial charge in [-0.05, 0) is 24.1 Å². The van der Waals surface area contributed by atoms with E-state index in [0.29, 0.717) is 30.0 Å². The molecular formula is C24H31N3O6S. The Kier molecular flexibility index (Phi) is 8.51. The van der Waals surface area contributed by atoms with Crippen LogP contribution in [0, 0.1) is 0 Å². The number of sulfonamides is 1. The van der Waals surface area contributed by atoms with Crippen molar-refractivity contribution in [2.45, 2.75) is 18.9 Å². The highest BCUT2D eigenvalue weighted by Crippen LogP contribution is 2.28. The van der Waals surface area contributed by atoms with Gasteiger partial charge in [-0.25, -0.2) is 8.42 Å². The third-order valence-corrected chi connectivity index (χ3v) is 7.06. The van der Waals surface area contributed by atoms with Gasteiger partial charge < -0.3 is 19.7 Å². The average molecular weight is 490 g/mol. The Hall–Kier alpha value is -3.11. The molecule has 0 radical (unpaired) electrons. The molecule has 1 N–H and O–H groups in total. The molecule has 1 fully saturated rings. The molecule has 34 heavy (non-hydrogen) atoms. The van der Waals surface area contributed by atoms with E-state index in [1.165, 1.54) is 18.5 Å². The Morgan fingerprint density at radius 2 is 1.76 bits per heavy atom. The van der Waals surface area contributed by atoms with Gasteiger partial charge in [-0.2, -0.15) is 4.31 Å². The number of hydrogen-bond donors (Lipinski definition) is 1. The minimum Gasteiger partial charge on any atom is -0.497 e. The zero-order valence-electron chi connectivity index (χ0n) is 19.7. The van der Waals surface area contributed by atoms with Crippen molar-refractivity contribution >= 4 is 21.8 Å². The van der Waals surface area contributed by atoms with Crippen LogP contribution in [0.4, 0.5) is 0 Å². The minimum absolute atomic E-state index is 0.00265. The van der Waals surface area contributed by atoms with Gasteiger partial charge in [-0.15, -0.1) is 0 Å². The van der Waals surface area contributed by atoms with Gasteiger partial charge in [0.05, 0.1) is 32.1 Å². The van der Waals surface area contributed by atoms with Gasteiger partial charge in [0, 0.05) is 38.7 Å². The van der Waals surface area contributed by atoms with Crippen LogP contribution in [0.1, 0.15) is 34.8 Å². The Bertz CT molecular complexity index is 1110. The fraction of sp³-hybridized carbons (Fsp3) is 0.417. The zero-order chi connectivity index (χ0) is 24.7. The Balaban J connectivity index is 1.87. The van der Waals surface area contributed by atoms with E-state index < -0.39 is 16.1 Å². The average Bonchev–Trinajstić information content (AvgIpc) is 2.86. The summed E-state index contributed by atoms with van der Waals surface area (Å²) in [6.45, 7) is 1.03. The largest absolute Gasteiger partial charge is 0.497 e. The van der Waals surface area contributed by atoms with E-state index in [0.717, 1.165) is 11.8 Å². The van der Waals surface area contributed by atoms with Gasteiger partial charge in [0.2, 0.25) is 15.9 Å². The molecule has 2 amide bonds. The number of benzene rings is 2. The van der Waals surface area contributed by atoms with Crippen LogP contribution in [0.2, 0.25) is 0 Å². The van der Waals surface area contributed by atoms with Crippen molar-refractivity contribution in [3.63, 3.8) is 0 Å². The number of amides is 2. The van der Waals surface area contributed by atoms with Crippen LogP contribution < -0.4 is 14.8 Å². The maximum atomic E-state index is 13.3. The molecule has 0 aromatic heterocycles. The lowest BCUT2D eigenvalue weighted by molar-refractivity contribution is -0.122. The first-order valence-corrected chi connectivity index (χ1v) is 12.9. The standard InChI is InChI=1S/C24H31N3O6S/c1-32-19-10-11-20(22(16-19)33-2)24(29)26-13-7-14-27(34(3,30)31)21(17-23(28)25-12-15-26)18-8-5-4-6-9-18/h4-6,8-11,16,21H,7,12-15,17H2,1-3H3,(H,25,28). The van der Waals surface area contributed by atoms with Gasteiger partial charge in [-0.3, -0.25) is 9.59 Å². The summed E-state index contributed by atoms with van der Waals surface area (Å²) in [5, 5.41) is 2.83. The van der Waals surface area contributed by atoms with Crippen LogP contribution in [-0.4, -0.2) is 76.1 Å². The SMILES string of the molecule is COc1ccc(C(=O)N2CCCN(S(C)(=O)=O)C(c3ccccc3)CC(=O)NCC2)c(OC)c1. The van der Waals surface area contributed by atoms with Gasteiger partial charge in [0.1, 0.15) is 11.5 Å². The smallest absolute Gasteiger partial charge is 0.257 e. The molecule has 0 saturated carbocycles. The van der Waals surface area contributed by atoms with Crippen molar-refractivity contribution in [3.8, 4) is 11.5 Å². The second-order valence-electron chi connectivity index (χ2n) is 8.07. The normalized spacial score (nSPS) is 18.5. The summed E-state index contributed by atoms with van der Waals surface area (Å²) in [5.74, 6) is 0.399. The molecule has 1 saturated heterocycles. The fourth-order valence-corrected chi connectivity index (χ4v) is 5.19. The first-order valence-electron chi connectivity index (χ1n) is 11.0. The van der Waals surface area contributed by atoms with Crippen LogP contribution in [0.3, 0.4) is 0 Å². The van der Waals surface area contributed by atoms with Crippen LogP contribution in [0.15, 0.2) is 48.5 Å². The third-order valence-electron chi connectivity index (χ3n) is 5.77. The molecule has 9 nitrogen and oxygen atoms in total. The highest BCUT2D eigenvalue weighted by molar-refractivity contribution is 7.88. The molecule has 1 aliphatic rings.